The van der Waals surface area contributed by atoms with Crippen LogP contribution in [-0.2, 0) is 4.79 Å². The van der Waals surface area contributed by atoms with Crippen molar-refractivity contribution < 1.29 is 40.9 Å². The molecule has 0 bridgehead atoms. The molecule has 0 heterocycles. The zero-order valence-corrected chi connectivity index (χ0v) is 11.3. The predicted octanol–water partition coefficient (Wildman–Crippen LogP) is -0.456. The smallest absolute Gasteiger partial charge is 1.00 e. The molecule has 3 nitrogen and oxygen atoms in total. The van der Waals surface area contributed by atoms with E-state index >= 15 is 0 Å². The molecular weight excluding hydrogens is 189 g/mol. The summed E-state index contributed by atoms with van der Waals surface area (Å²) in [4.78, 5) is 10.4. The van der Waals surface area contributed by atoms with Crippen LogP contribution in [0, 0.1) is 23.2 Å². The molecule has 0 amide bonds. The van der Waals surface area contributed by atoms with Crippen LogP contribution in [0.4, 0.5) is 0 Å². The van der Waals surface area contributed by atoms with Crippen LogP contribution in [0.15, 0.2) is 0 Å². The van der Waals surface area contributed by atoms with Gasteiger partial charge in [0.25, 0.3) is 0 Å². The summed E-state index contributed by atoms with van der Waals surface area (Å²) in [5, 5.41) is 17.2. The summed E-state index contributed by atoms with van der Waals surface area (Å²) in [6.07, 6.45) is 2.84. The van der Waals surface area contributed by atoms with Crippen LogP contribution in [0.25, 0.3) is 0 Å². The van der Waals surface area contributed by atoms with Crippen LogP contribution in [0.5, 0.6) is 0 Å². The second kappa shape index (κ2) is 9.51. The molecule has 0 aromatic carbocycles. The molecule has 0 saturated heterocycles. The largest absolute Gasteiger partial charge is 1.00 e. The molecule has 0 radical (unpaired) electrons. The quantitative estimate of drug-likeness (QED) is 0.600. The van der Waals surface area contributed by atoms with E-state index in [0.717, 1.165) is 12.8 Å². The molecule has 76 valence electrons. The number of hydrogen-bond acceptors (Lipinski definition) is 2. The standard InChI is InChI=1S/C10H17NO2.Na.H/c1-3-4-8(2)5-9(7-11)6-10(12)13;;/h8-9H,3-6H2,1-2H3,(H,12,13);;/q;+1;-1/t8-,9-;;/m1../s1. The van der Waals surface area contributed by atoms with Gasteiger partial charge in [-0.15, -0.1) is 0 Å². The number of aliphatic carboxylic acids is 1. The summed E-state index contributed by atoms with van der Waals surface area (Å²) in [6, 6.07) is 2.04. The number of nitrogens with zero attached hydrogens (tertiary/aromatic N) is 1. The van der Waals surface area contributed by atoms with Crippen molar-refractivity contribution in [2.45, 2.75) is 39.5 Å². The predicted molar refractivity (Wildman–Crippen MR) is 51.2 cm³/mol. The molecule has 0 saturated carbocycles. The van der Waals surface area contributed by atoms with Crippen molar-refractivity contribution in [3.05, 3.63) is 0 Å². The van der Waals surface area contributed by atoms with E-state index in [9.17, 15) is 4.79 Å². The SMILES string of the molecule is CCC[C@@H](C)C[C@@H](C#N)CC(=O)O.[H-].[Na+]. The molecule has 14 heavy (non-hydrogen) atoms. The molecule has 0 rings (SSSR count). The first-order valence-corrected chi connectivity index (χ1v) is 4.71. The molecule has 0 aliphatic rings. The summed E-state index contributed by atoms with van der Waals surface area (Å²) in [5.41, 5.74) is 0. The molecule has 0 fully saturated rings. The van der Waals surface area contributed by atoms with Gasteiger partial charge < -0.3 is 6.53 Å². The van der Waals surface area contributed by atoms with Gasteiger partial charge in [0.2, 0.25) is 0 Å². The van der Waals surface area contributed by atoms with E-state index in [-0.39, 0.29) is 43.3 Å². The van der Waals surface area contributed by atoms with E-state index < -0.39 is 5.97 Å². The van der Waals surface area contributed by atoms with Gasteiger partial charge in [0.05, 0.1) is 18.4 Å². The van der Waals surface area contributed by atoms with Gasteiger partial charge in [0, 0.05) is 0 Å². The monoisotopic (exact) mass is 207 g/mol. The number of carbonyl (C=O) groups is 1. The average molecular weight is 207 g/mol. The van der Waals surface area contributed by atoms with Crippen molar-refractivity contribution in [3.8, 4) is 6.07 Å². The molecule has 2 atom stereocenters. The van der Waals surface area contributed by atoms with Crippen LogP contribution in [0.2, 0.25) is 0 Å². The van der Waals surface area contributed by atoms with Crippen LogP contribution in [0.3, 0.4) is 0 Å². The summed E-state index contributed by atoms with van der Waals surface area (Å²) in [6.45, 7) is 4.16. The molecule has 0 aromatic rings. The van der Waals surface area contributed by atoms with E-state index in [4.69, 9.17) is 10.4 Å². The molecular formula is C10H18NNaO2. The maximum atomic E-state index is 10.4. The van der Waals surface area contributed by atoms with E-state index in [0.29, 0.717) is 12.3 Å². The maximum Gasteiger partial charge on any atom is 1.00 e. The Labute approximate surface area is 109 Å². The van der Waals surface area contributed by atoms with Gasteiger partial charge in [-0.1, -0.05) is 26.7 Å². The van der Waals surface area contributed by atoms with Gasteiger partial charge >= 0.3 is 35.5 Å². The Balaban J connectivity index is -0.000000720. The summed E-state index contributed by atoms with van der Waals surface area (Å²) in [7, 11) is 0. The molecule has 0 unspecified atom stereocenters. The Morgan fingerprint density at radius 2 is 2.21 bits per heavy atom. The second-order valence-corrected chi connectivity index (χ2v) is 3.55. The molecule has 0 aliphatic heterocycles. The Kier molecular flexibility index (Phi) is 11.1. The first-order valence-electron chi connectivity index (χ1n) is 4.71. The van der Waals surface area contributed by atoms with Crippen LogP contribution in [-0.4, -0.2) is 11.1 Å². The Morgan fingerprint density at radius 3 is 2.57 bits per heavy atom. The van der Waals surface area contributed by atoms with Gasteiger partial charge in [0.15, 0.2) is 0 Å². The maximum absolute atomic E-state index is 10.4. The molecule has 1 N–H and O–H groups in total. The van der Waals surface area contributed by atoms with E-state index in [1.54, 1.807) is 0 Å². The van der Waals surface area contributed by atoms with Crippen LogP contribution < -0.4 is 29.6 Å². The molecule has 0 aliphatic carbocycles. The third kappa shape index (κ3) is 8.55. The zero-order chi connectivity index (χ0) is 10.3. The fourth-order valence-electron chi connectivity index (χ4n) is 1.49. The third-order valence-corrected chi connectivity index (χ3v) is 2.07. The van der Waals surface area contributed by atoms with Crippen molar-refractivity contribution in [3.63, 3.8) is 0 Å². The first-order chi connectivity index (χ1) is 6.10. The fraction of sp³-hybridized carbons (Fsp3) is 0.800. The Hall–Kier alpha value is -0.0400. The van der Waals surface area contributed by atoms with Crippen molar-refractivity contribution in [1.82, 2.24) is 0 Å². The van der Waals surface area contributed by atoms with Gasteiger partial charge in [-0.25, -0.2) is 0 Å². The average Bonchev–Trinajstić information content (AvgIpc) is 2.02. The minimum Gasteiger partial charge on any atom is -1.00 e. The van der Waals surface area contributed by atoms with Gasteiger partial charge in [0.1, 0.15) is 0 Å². The van der Waals surface area contributed by atoms with Crippen LogP contribution >= 0.6 is 0 Å². The number of carboxylic acid groups (broad SMARTS) is 1. The van der Waals surface area contributed by atoms with Crippen molar-refractivity contribution in [2.75, 3.05) is 0 Å². The molecule has 0 spiro atoms. The van der Waals surface area contributed by atoms with Gasteiger partial charge in [-0.2, -0.15) is 5.26 Å². The number of carboxylic acids is 1. The summed E-state index contributed by atoms with van der Waals surface area (Å²) < 4.78 is 0. The van der Waals surface area contributed by atoms with E-state index in [1.807, 2.05) is 6.07 Å². The first kappa shape index (κ1) is 16.4. The minimum atomic E-state index is -0.879. The van der Waals surface area contributed by atoms with Crippen molar-refractivity contribution >= 4 is 5.97 Å². The third-order valence-electron chi connectivity index (χ3n) is 2.07. The topological polar surface area (TPSA) is 61.1 Å². The fourth-order valence-corrected chi connectivity index (χ4v) is 1.49. The number of rotatable bonds is 6. The zero-order valence-electron chi connectivity index (χ0n) is 10.3. The van der Waals surface area contributed by atoms with E-state index in [1.165, 1.54) is 0 Å². The number of hydrogen-bond donors (Lipinski definition) is 1. The minimum absolute atomic E-state index is 0. The van der Waals surface area contributed by atoms with Gasteiger partial charge in [-0.3, -0.25) is 4.79 Å². The summed E-state index contributed by atoms with van der Waals surface area (Å²) in [5.74, 6) is -0.747. The second-order valence-electron chi connectivity index (χ2n) is 3.55. The Morgan fingerprint density at radius 1 is 1.64 bits per heavy atom. The molecule has 0 aromatic heterocycles. The van der Waals surface area contributed by atoms with Crippen LogP contribution in [0.1, 0.15) is 41.0 Å². The summed E-state index contributed by atoms with van der Waals surface area (Å²) >= 11 is 0. The van der Waals surface area contributed by atoms with Crippen molar-refractivity contribution in [2.24, 2.45) is 11.8 Å². The molecule has 4 heteroatoms. The Bertz CT molecular complexity index is 206. The number of nitriles is 1. The van der Waals surface area contributed by atoms with Crippen molar-refractivity contribution in [1.29, 1.82) is 5.26 Å². The normalized spacial score (nSPS) is 13.5. The van der Waals surface area contributed by atoms with Gasteiger partial charge in [-0.05, 0) is 12.3 Å². The van der Waals surface area contributed by atoms with E-state index in [2.05, 4.69) is 13.8 Å².